The minimum atomic E-state index is 0.0995. The monoisotopic (exact) mass is 248 g/mol. The third-order valence-electron chi connectivity index (χ3n) is 4.19. The minimum absolute atomic E-state index is 0.0995. The molecule has 1 saturated heterocycles. The smallest absolute Gasteiger partial charge is 0.0169 e. The maximum atomic E-state index is 2.42. The number of hydrogen-bond donors (Lipinski definition) is 0. The molecule has 1 heterocycles. The van der Waals surface area contributed by atoms with Crippen LogP contribution in [0.3, 0.4) is 0 Å². The Labute approximate surface area is 108 Å². The van der Waals surface area contributed by atoms with Crippen molar-refractivity contribution in [1.82, 2.24) is 0 Å². The molecule has 2 atom stereocenters. The van der Waals surface area contributed by atoms with Crippen molar-refractivity contribution in [2.45, 2.75) is 64.7 Å². The molecule has 2 unspecified atom stereocenters. The Morgan fingerprint density at radius 2 is 1.65 bits per heavy atom. The van der Waals surface area contributed by atoms with E-state index in [9.17, 15) is 0 Å². The Hall–Kier alpha value is -0.350. The first-order valence-corrected chi connectivity index (χ1v) is 8.51. The van der Waals surface area contributed by atoms with Gasteiger partial charge in [0.2, 0.25) is 0 Å². The van der Waals surface area contributed by atoms with E-state index in [0.717, 1.165) is 11.3 Å². The van der Waals surface area contributed by atoms with Crippen LogP contribution in [0.5, 0.6) is 0 Å². The van der Waals surface area contributed by atoms with Gasteiger partial charge in [0.05, 0.1) is 0 Å². The standard InChI is InChI=1S/C16H25P/c1-5-14-8-9-15(6-2)17(14)16-10-7-12(3)11-13(16)4/h7,10-11,14-15H,5-6,8-9H2,1-4H3. The lowest BCUT2D eigenvalue weighted by atomic mass is 10.1. The average Bonchev–Trinajstić information content (AvgIpc) is 2.71. The summed E-state index contributed by atoms with van der Waals surface area (Å²) in [5, 5.41) is 1.70. The van der Waals surface area contributed by atoms with E-state index in [1.807, 2.05) is 0 Å². The molecule has 17 heavy (non-hydrogen) atoms. The van der Waals surface area contributed by atoms with E-state index >= 15 is 0 Å². The largest absolute Gasteiger partial charge is 0.0687 e. The highest BCUT2D eigenvalue weighted by Gasteiger charge is 2.34. The predicted octanol–water partition coefficient (Wildman–Crippen LogP) is 4.76. The zero-order chi connectivity index (χ0) is 12.4. The van der Waals surface area contributed by atoms with Gasteiger partial charge < -0.3 is 0 Å². The molecule has 0 aliphatic carbocycles. The van der Waals surface area contributed by atoms with Crippen LogP contribution in [0.1, 0.15) is 50.7 Å². The van der Waals surface area contributed by atoms with E-state index in [1.54, 1.807) is 5.30 Å². The summed E-state index contributed by atoms with van der Waals surface area (Å²) in [7, 11) is 0.0995. The normalized spacial score (nSPS) is 28.6. The number of aryl methyl sites for hydroxylation is 2. The quantitative estimate of drug-likeness (QED) is 0.676. The molecule has 1 aliphatic rings. The molecule has 1 aliphatic heterocycles. The first-order chi connectivity index (χ1) is 8.17. The molecule has 1 fully saturated rings. The van der Waals surface area contributed by atoms with Crippen LogP contribution in [0.15, 0.2) is 18.2 Å². The van der Waals surface area contributed by atoms with Crippen LogP contribution >= 0.6 is 7.92 Å². The predicted molar refractivity (Wildman–Crippen MR) is 79.9 cm³/mol. The molecule has 94 valence electrons. The average molecular weight is 248 g/mol. The van der Waals surface area contributed by atoms with Gasteiger partial charge in [-0.1, -0.05) is 45.5 Å². The van der Waals surface area contributed by atoms with Gasteiger partial charge in [-0.05, 0) is 61.7 Å². The van der Waals surface area contributed by atoms with E-state index < -0.39 is 0 Å². The zero-order valence-electron chi connectivity index (χ0n) is 11.7. The molecular weight excluding hydrogens is 223 g/mol. The lowest BCUT2D eigenvalue weighted by molar-refractivity contribution is 0.696. The second-order valence-corrected chi connectivity index (χ2v) is 8.16. The van der Waals surface area contributed by atoms with E-state index in [4.69, 9.17) is 0 Å². The Morgan fingerprint density at radius 1 is 1.06 bits per heavy atom. The van der Waals surface area contributed by atoms with Crippen LogP contribution in [0.25, 0.3) is 0 Å². The Morgan fingerprint density at radius 3 is 2.12 bits per heavy atom. The summed E-state index contributed by atoms with van der Waals surface area (Å²) < 4.78 is 0. The van der Waals surface area contributed by atoms with Crippen molar-refractivity contribution in [2.75, 3.05) is 0 Å². The van der Waals surface area contributed by atoms with Gasteiger partial charge in [0.1, 0.15) is 0 Å². The summed E-state index contributed by atoms with van der Waals surface area (Å²) in [4.78, 5) is 0. The van der Waals surface area contributed by atoms with Gasteiger partial charge in [-0.3, -0.25) is 0 Å². The Bertz CT molecular complexity index is 371. The summed E-state index contributed by atoms with van der Waals surface area (Å²) in [5.74, 6) is 0. The minimum Gasteiger partial charge on any atom is -0.0687 e. The maximum Gasteiger partial charge on any atom is -0.0169 e. The van der Waals surface area contributed by atoms with Crippen LogP contribution in [-0.2, 0) is 0 Å². The molecule has 0 N–H and O–H groups in total. The van der Waals surface area contributed by atoms with Gasteiger partial charge in [0, 0.05) is 0 Å². The number of rotatable bonds is 3. The molecule has 0 spiro atoms. The first kappa shape index (κ1) is 13.1. The zero-order valence-corrected chi connectivity index (χ0v) is 12.6. The molecule has 0 radical (unpaired) electrons. The summed E-state index contributed by atoms with van der Waals surface area (Å²) in [6.45, 7) is 9.26. The topological polar surface area (TPSA) is 0 Å². The number of benzene rings is 1. The molecule has 1 aromatic rings. The van der Waals surface area contributed by atoms with E-state index in [2.05, 4.69) is 45.9 Å². The van der Waals surface area contributed by atoms with Gasteiger partial charge in [-0.2, -0.15) is 0 Å². The van der Waals surface area contributed by atoms with E-state index in [1.165, 1.54) is 36.8 Å². The van der Waals surface area contributed by atoms with Crippen molar-refractivity contribution in [3.8, 4) is 0 Å². The number of hydrogen-bond acceptors (Lipinski definition) is 0. The molecule has 0 nitrogen and oxygen atoms in total. The molecule has 0 amide bonds. The second kappa shape index (κ2) is 5.53. The highest BCUT2D eigenvalue weighted by atomic mass is 31.1. The van der Waals surface area contributed by atoms with E-state index in [0.29, 0.717) is 0 Å². The van der Waals surface area contributed by atoms with Crippen LogP contribution in [-0.4, -0.2) is 11.3 Å². The van der Waals surface area contributed by atoms with Crippen molar-refractivity contribution in [1.29, 1.82) is 0 Å². The highest BCUT2D eigenvalue weighted by molar-refractivity contribution is 7.67. The highest BCUT2D eigenvalue weighted by Crippen LogP contribution is 2.57. The molecule has 0 saturated carbocycles. The van der Waals surface area contributed by atoms with Crippen molar-refractivity contribution in [3.63, 3.8) is 0 Å². The van der Waals surface area contributed by atoms with Crippen molar-refractivity contribution >= 4 is 13.2 Å². The van der Waals surface area contributed by atoms with Crippen LogP contribution < -0.4 is 5.30 Å². The molecular formula is C16H25P. The Kier molecular flexibility index (Phi) is 4.26. The third-order valence-corrected chi connectivity index (χ3v) is 8.07. The molecule has 2 rings (SSSR count). The molecule has 1 heteroatoms. The fourth-order valence-electron chi connectivity index (χ4n) is 3.25. The molecule has 1 aromatic carbocycles. The summed E-state index contributed by atoms with van der Waals surface area (Å²) in [5.41, 5.74) is 4.91. The fraction of sp³-hybridized carbons (Fsp3) is 0.625. The summed E-state index contributed by atoms with van der Waals surface area (Å²) in [6, 6.07) is 7.10. The van der Waals surface area contributed by atoms with Crippen molar-refractivity contribution in [2.24, 2.45) is 0 Å². The van der Waals surface area contributed by atoms with Crippen LogP contribution in [0.2, 0.25) is 0 Å². The van der Waals surface area contributed by atoms with Gasteiger partial charge >= 0.3 is 0 Å². The SMILES string of the molecule is CCC1CCC(CC)P1c1ccc(C)cc1C. The van der Waals surface area contributed by atoms with Gasteiger partial charge in [-0.15, -0.1) is 0 Å². The van der Waals surface area contributed by atoms with Crippen molar-refractivity contribution < 1.29 is 0 Å². The van der Waals surface area contributed by atoms with E-state index in [-0.39, 0.29) is 7.92 Å². The summed E-state index contributed by atoms with van der Waals surface area (Å²) >= 11 is 0. The fourth-order valence-corrected chi connectivity index (χ4v) is 6.99. The molecule has 0 bridgehead atoms. The van der Waals surface area contributed by atoms with Crippen molar-refractivity contribution in [3.05, 3.63) is 29.3 Å². The third kappa shape index (κ3) is 2.58. The van der Waals surface area contributed by atoms with Crippen LogP contribution in [0, 0.1) is 13.8 Å². The summed E-state index contributed by atoms with van der Waals surface area (Å²) in [6.07, 6.45) is 5.67. The van der Waals surface area contributed by atoms with Gasteiger partial charge in [0.15, 0.2) is 0 Å². The second-order valence-electron chi connectivity index (χ2n) is 5.40. The van der Waals surface area contributed by atoms with Gasteiger partial charge in [0.25, 0.3) is 0 Å². The molecule has 0 aromatic heterocycles. The van der Waals surface area contributed by atoms with Gasteiger partial charge in [-0.25, -0.2) is 0 Å². The lowest BCUT2D eigenvalue weighted by Gasteiger charge is -2.26. The first-order valence-electron chi connectivity index (χ1n) is 7.03. The lowest BCUT2D eigenvalue weighted by Crippen LogP contribution is -2.16. The Balaban J connectivity index is 2.34. The van der Waals surface area contributed by atoms with Crippen LogP contribution in [0.4, 0.5) is 0 Å². The maximum absolute atomic E-state index is 2.42.